The predicted molar refractivity (Wildman–Crippen MR) is 134 cm³/mol. The summed E-state index contributed by atoms with van der Waals surface area (Å²) >= 11 is 0. The third kappa shape index (κ3) is 5.61. The fourth-order valence-electron chi connectivity index (χ4n) is 3.37. The number of sulfone groups is 1. The molecule has 0 aliphatic carbocycles. The van der Waals surface area contributed by atoms with Crippen LogP contribution in [0.3, 0.4) is 0 Å². The van der Waals surface area contributed by atoms with E-state index in [-0.39, 0.29) is 16.2 Å². The number of carbonyl (C=O) groups excluding carboxylic acids is 1. The molecule has 0 bridgehead atoms. The predicted octanol–water partition coefficient (Wildman–Crippen LogP) is 4.26. The van der Waals surface area contributed by atoms with E-state index in [1.165, 1.54) is 25.3 Å². The van der Waals surface area contributed by atoms with Crippen LogP contribution in [0.2, 0.25) is 0 Å². The van der Waals surface area contributed by atoms with Gasteiger partial charge in [0.05, 0.1) is 12.8 Å². The van der Waals surface area contributed by atoms with Crippen LogP contribution in [0.15, 0.2) is 78.1 Å². The van der Waals surface area contributed by atoms with E-state index in [0.29, 0.717) is 11.6 Å². The zero-order valence-corrected chi connectivity index (χ0v) is 20.1. The molecular formula is C25H23N5O4S. The Hall–Kier alpha value is -4.31. The minimum absolute atomic E-state index is 0.0203. The molecule has 0 fully saturated rings. The van der Waals surface area contributed by atoms with Gasteiger partial charge in [0.15, 0.2) is 9.84 Å². The molecule has 178 valence electrons. The Morgan fingerprint density at radius 2 is 1.86 bits per heavy atom. The van der Waals surface area contributed by atoms with Crippen LogP contribution in [0.5, 0.6) is 5.75 Å². The molecule has 0 saturated carbocycles. The van der Waals surface area contributed by atoms with Crippen molar-refractivity contribution in [2.45, 2.75) is 11.8 Å². The molecule has 0 atom stereocenters. The van der Waals surface area contributed by atoms with Gasteiger partial charge in [0.2, 0.25) is 5.95 Å². The number of rotatable bonds is 7. The van der Waals surface area contributed by atoms with Crippen LogP contribution in [0.1, 0.15) is 15.9 Å². The fourth-order valence-corrected chi connectivity index (χ4v) is 4.19. The lowest BCUT2D eigenvalue weighted by Crippen LogP contribution is -2.13. The van der Waals surface area contributed by atoms with Crippen molar-refractivity contribution in [3.63, 3.8) is 0 Å². The fraction of sp³-hybridized carbons (Fsp3) is 0.120. The van der Waals surface area contributed by atoms with Gasteiger partial charge in [-0.05, 0) is 61.0 Å². The highest BCUT2D eigenvalue weighted by atomic mass is 32.2. The quantitative estimate of drug-likeness (QED) is 0.395. The standard InChI is InChI=1S/C25H23N5O4S/c1-16-6-8-19(28-24(31)17-7-9-23(35(3,32)33)22(13-17)34-2)14-21(16)30-25-27-12-10-20(29-25)18-5-4-11-26-15-18/h4-15H,1-3H3,(H,28,31)(H,27,29,30). The van der Waals surface area contributed by atoms with Crippen LogP contribution in [0.4, 0.5) is 17.3 Å². The number of aromatic nitrogens is 3. The van der Waals surface area contributed by atoms with Gasteiger partial charge in [0, 0.05) is 47.3 Å². The van der Waals surface area contributed by atoms with Crippen LogP contribution in [-0.2, 0) is 9.84 Å². The van der Waals surface area contributed by atoms with E-state index in [9.17, 15) is 13.2 Å². The third-order valence-electron chi connectivity index (χ3n) is 5.18. The molecular weight excluding hydrogens is 466 g/mol. The number of benzene rings is 2. The van der Waals surface area contributed by atoms with Crippen molar-refractivity contribution in [2.75, 3.05) is 24.0 Å². The third-order valence-corrected chi connectivity index (χ3v) is 6.32. The van der Waals surface area contributed by atoms with E-state index in [2.05, 4.69) is 25.6 Å². The zero-order chi connectivity index (χ0) is 25.0. The van der Waals surface area contributed by atoms with Gasteiger partial charge < -0.3 is 15.4 Å². The van der Waals surface area contributed by atoms with Crippen LogP contribution < -0.4 is 15.4 Å². The lowest BCUT2D eigenvalue weighted by Gasteiger charge is -2.13. The van der Waals surface area contributed by atoms with Crippen molar-refractivity contribution in [3.05, 3.63) is 84.3 Å². The monoisotopic (exact) mass is 489 g/mol. The highest BCUT2D eigenvalue weighted by molar-refractivity contribution is 7.90. The number of hydrogen-bond acceptors (Lipinski definition) is 8. The second-order valence-electron chi connectivity index (χ2n) is 7.75. The summed E-state index contributed by atoms with van der Waals surface area (Å²) in [6.07, 6.45) is 6.17. The normalized spacial score (nSPS) is 11.1. The number of methoxy groups -OCH3 is 1. The molecule has 2 heterocycles. The smallest absolute Gasteiger partial charge is 0.255 e. The van der Waals surface area contributed by atoms with E-state index < -0.39 is 15.7 Å². The molecule has 0 saturated heterocycles. The van der Waals surface area contributed by atoms with Gasteiger partial charge in [0.25, 0.3) is 5.91 Å². The molecule has 35 heavy (non-hydrogen) atoms. The molecule has 10 heteroatoms. The highest BCUT2D eigenvalue weighted by Gasteiger charge is 2.17. The molecule has 2 aromatic carbocycles. The zero-order valence-electron chi connectivity index (χ0n) is 19.3. The molecule has 0 radical (unpaired) electrons. The summed E-state index contributed by atoms with van der Waals surface area (Å²) < 4.78 is 29.0. The largest absolute Gasteiger partial charge is 0.495 e. The van der Waals surface area contributed by atoms with Crippen molar-refractivity contribution in [1.82, 2.24) is 15.0 Å². The first-order chi connectivity index (χ1) is 16.7. The number of hydrogen-bond donors (Lipinski definition) is 2. The summed E-state index contributed by atoms with van der Waals surface area (Å²) in [6.45, 7) is 1.92. The minimum atomic E-state index is -3.49. The lowest BCUT2D eigenvalue weighted by atomic mass is 10.1. The van der Waals surface area contributed by atoms with Crippen molar-refractivity contribution in [2.24, 2.45) is 0 Å². The molecule has 0 spiro atoms. The first kappa shape index (κ1) is 23.8. The van der Waals surface area contributed by atoms with E-state index in [0.717, 1.165) is 28.8 Å². The molecule has 0 aliphatic heterocycles. The number of aryl methyl sites for hydroxylation is 1. The number of pyridine rings is 1. The van der Waals surface area contributed by atoms with E-state index in [1.54, 1.807) is 36.8 Å². The lowest BCUT2D eigenvalue weighted by molar-refractivity contribution is 0.102. The summed E-state index contributed by atoms with van der Waals surface area (Å²) in [6, 6.07) is 15.2. The summed E-state index contributed by atoms with van der Waals surface area (Å²) in [7, 11) is -2.13. The van der Waals surface area contributed by atoms with E-state index in [4.69, 9.17) is 4.74 Å². The average molecular weight is 490 g/mol. The second kappa shape index (κ2) is 9.90. The van der Waals surface area contributed by atoms with Crippen LogP contribution in [0, 0.1) is 6.92 Å². The minimum Gasteiger partial charge on any atom is -0.495 e. The number of nitrogens with zero attached hydrogens (tertiary/aromatic N) is 3. The molecule has 0 aliphatic rings. The molecule has 4 rings (SSSR count). The van der Waals surface area contributed by atoms with E-state index >= 15 is 0 Å². The summed E-state index contributed by atoms with van der Waals surface area (Å²) in [5.41, 5.74) is 4.04. The summed E-state index contributed by atoms with van der Waals surface area (Å²) in [5.74, 6) is 0.101. The van der Waals surface area contributed by atoms with Gasteiger partial charge in [-0.1, -0.05) is 6.07 Å². The van der Waals surface area contributed by atoms with Crippen molar-refractivity contribution in [3.8, 4) is 17.0 Å². The Balaban J connectivity index is 1.55. The van der Waals surface area contributed by atoms with E-state index in [1.807, 2.05) is 25.1 Å². The van der Waals surface area contributed by atoms with Gasteiger partial charge in [-0.3, -0.25) is 9.78 Å². The number of ether oxygens (including phenoxy) is 1. The number of amides is 1. The Kier molecular flexibility index (Phi) is 6.74. The van der Waals surface area contributed by atoms with Crippen molar-refractivity contribution >= 4 is 33.1 Å². The Morgan fingerprint density at radius 1 is 1.03 bits per heavy atom. The maximum Gasteiger partial charge on any atom is 0.255 e. The first-order valence-electron chi connectivity index (χ1n) is 10.5. The number of carbonyl (C=O) groups is 1. The summed E-state index contributed by atoms with van der Waals surface area (Å²) in [4.78, 5) is 25.8. The molecule has 9 nitrogen and oxygen atoms in total. The number of nitrogens with one attached hydrogen (secondary N) is 2. The Labute approximate surface area is 203 Å². The van der Waals surface area contributed by atoms with Gasteiger partial charge in [-0.15, -0.1) is 0 Å². The van der Waals surface area contributed by atoms with Crippen LogP contribution >= 0.6 is 0 Å². The van der Waals surface area contributed by atoms with Gasteiger partial charge in [0.1, 0.15) is 10.6 Å². The molecule has 2 aromatic heterocycles. The Morgan fingerprint density at radius 3 is 2.57 bits per heavy atom. The van der Waals surface area contributed by atoms with Crippen molar-refractivity contribution in [1.29, 1.82) is 0 Å². The SMILES string of the molecule is COc1cc(C(=O)Nc2ccc(C)c(Nc3nccc(-c4cccnc4)n3)c2)ccc1S(C)(=O)=O. The van der Waals surface area contributed by atoms with Crippen LogP contribution in [-0.4, -0.2) is 42.6 Å². The highest BCUT2D eigenvalue weighted by Crippen LogP contribution is 2.27. The molecule has 4 aromatic rings. The van der Waals surface area contributed by atoms with Gasteiger partial charge in [-0.25, -0.2) is 18.4 Å². The number of anilines is 3. The maximum atomic E-state index is 12.8. The molecule has 0 unspecified atom stereocenters. The molecule has 2 N–H and O–H groups in total. The first-order valence-corrected chi connectivity index (χ1v) is 12.4. The maximum absolute atomic E-state index is 12.8. The Bertz CT molecular complexity index is 1490. The average Bonchev–Trinajstić information content (AvgIpc) is 2.86. The topological polar surface area (TPSA) is 123 Å². The second-order valence-corrected chi connectivity index (χ2v) is 9.74. The summed E-state index contributed by atoms with van der Waals surface area (Å²) in [5, 5.41) is 6.02. The van der Waals surface area contributed by atoms with Gasteiger partial charge in [-0.2, -0.15) is 0 Å². The van der Waals surface area contributed by atoms with Gasteiger partial charge >= 0.3 is 0 Å². The van der Waals surface area contributed by atoms with Crippen LogP contribution in [0.25, 0.3) is 11.3 Å². The molecule has 1 amide bonds. The van der Waals surface area contributed by atoms with Crippen molar-refractivity contribution < 1.29 is 17.9 Å².